The van der Waals surface area contributed by atoms with E-state index in [1.165, 1.54) is 210 Å². The molecule has 0 N–H and O–H groups in total. The summed E-state index contributed by atoms with van der Waals surface area (Å²) in [5.41, 5.74) is 12.9. The third kappa shape index (κ3) is 16.5. The van der Waals surface area contributed by atoms with Gasteiger partial charge >= 0.3 is 0 Å². The summed E-state index contributed by atoms with van der Waals surface area (Å²) in [4.78, 5) is 66.2. The molecule has 7 heterocycles. The van der Waals surface area contributed by atoms with E-state index in [4.69, 9.17) is 0 Å². The van der Waals surface area contributed by atoms with Crippen LogP contribution in [0.1, 0.15) is 296 Å². The van der Waals surface area contributed by atoms with Crippen molar-refractivity contribution in [2.45, 2.75) is 254 Å². The molecule has 0 fully saturated rings. The zero-order chi connectivity index (χ0) is 66.2. The van der Waals surface area contributed by atoms with Gasteiger partial charge in [0, 0.05) is 67.8 Å². The van der Waals surface area contributed by atoms with Crippen molar-refractivity contribution in [3.63, 3.8) is 0 Å². The van der Waals surface area contributed by atoms with Crippen LogP contribution in [0.25, 0.3) is 71.6 Å². The summed E-state index contributed by atoms with van der Waals surface area (Å²) in [7, 11) is 0. The van der Waals surface area contributed by atoms with Gasteiger partial charge in [-0.1, -0.05) is 231 Å². The quantitative estimate of drug-likeness (QED) is 0.0218. The second-order valence-corrected chi connectivity index (χ2v) is 33.2. The summed E-state index contributed by atoms with van der Waals surface area (Å²) in [5.74, 6) is -0.0440. The smallest absolute Gasteiger partial charge is 0.197 e. The highest BCUT2D eigenvalue weighted by molar-refractivity contribution is 7.33. The lowest BCUT2D eigenvalue weighted by Gasteiger charge is -2.19. The molecule has 1 atom stereocenters. The van der Waals surface area contributed by atoms with Crippen LogP contribution in [0.3, 0.4) is 0 Å². The number of aromatic nitrogens is 1. The van der Waals surface area contributed by atoms with Crippen molar-refractivity contribution in [1.82, 2.24) is 4.57 Å². The first-order chi connectivity index (χ1) is 46.6. The molecule has 1 unspecified atom stereocenters. The summed E-state index contributed by atoms with van der Waals surface area (Å²) in [5, 5.41) is 4.44. The van der Waals surface area contributed by atoms with Gasteiger partial charge in [-0.05, 0) is 151 Å². The van der Waals surface area contributed by atoms with E-state index in [1.807, 2.05) is 81.8 Å². The van der Waals surface area contributed by atoms with Crippen molar-refractivity contribution in [2.24, 2.45) is 5.92 Å². The van der Waals surface area contributed by atoms with Crippen LogP contribution in [0.2, 0.25) is 0 Å². The molecule has 0 bridgehead atoms. The number of benzene rings is 2. The number of unbranched alkanes of at least 4 members (excludes halogenated alkanes) is 20. The van der Waals surface area contributed by atoms with Crippen LogP contribution < -0.4 is 0 Å². The minimum Gasteiger partial charge on any atom is -0.339 e. The Morgan fingerprint density at radius 2 is 0.695 bits per heavy atom. The lowest BCUT2D eigenvalue weighted by molar-refractivity contribution is 0.0975. The zero-order valence-electron chi connectivity index (χ0n) is 57.7. The molecule has 2 aromatic carbocycles. The fourth-order valence-corrected chi connectivity index (χ4v) is 22.2. The molecular formula is C84H101NO4S6. The second kappa shape index (κ2) is 34.9. The number of Topliss-reactive ketones (excluding diaryl/α,β-unsaturated/α-hetero) is 4. The number of thiophene rings is 6. The Bertz CT molecular complexity index is 3830. The van der Waals surface area contributed by atoms with Crippen LogP contribution in [0.15, 0.2) is 94.7 Å². The number of fused-ring (bicyclic) bond motifs is 5. The van der Waals surface area contributed by atoms with E-state index in [-0.39, 0.29) is 34.3 Å². The van der Waals surface area contributed by atoms with Crippen molar-refractivity contribution < 1.29 is 19.2 Å². The van der Waals surface area contributed by atoms with Crippen LogP contribution >= 0.6 is 68.0 Å². The van der Waals surface area contributed by atoms with Gasteiger partial charge in [0.1, 0.15) is 0 Å². The van der Waals surface area contributed by atoms with Crippen LogP contribution in [0, 0.1) is 5.92 Å². The summed E-state index contributed by atoms with van der Waals surface area (Å²) < 4.78 is 5.63. The lowest BCUT2D eigenvalue weighted by Crippen LogP contribution is -2.11. The highest BCUT2D eigenvalue weighted by Crippen LogP contribution is 2.53. The van der Waals surface area contributed by atoms with Gasteiger partial charge in [0.05, 0.1) is 31.6 Å². The molecule has 0 saturated carbocycles. The van der Waals surface area contributed by atoms with Crippen LogP contribution in [0.4, 0.5) is 0 Å². The first kappa shape index (κ1) is 70.9. The van der Waals surface area contributed by atoms with Gasteiger partial charge in [-0.2, -0.15) is 0 Å². The van der Waals surface area contributed by atoms with Crippen molar-refractivity contribution in [1.29, 1.82) is 0 Å². The van der Waals surface area contributed by atoms with E-state index in [0.29, 0.717) is 28.2 Å². The molecule has 11 rings (SSSR count). The number of hydrogen-bond acceptors (Lipinski definition) is 10. The fraction of sp³-hybridized carbons (Fsp3) is 0.476. The van der Waals surface area contributed by atoms with Gasteiger partial charge in [0.2, 0.25) is 0 Å². The number of nitrogens with zero attached hydrogens (tertiary/aromatic N) is 1. The SMILES string of the molecule is CCCCCCCCC(CCCCCC)Cn1c2cc(-c3sc(-c4scc(C=C5C(=O)c6ccccc6C5=O)c4CCCCCC)cc3CCCCCC)sc2c2sc(-c3sc(-c4scc(C=C5C(=O)c6ccccc6C5=O)c4CCCCCC)cc3CCCCCC)cc21. The number of rotatable bonds is 40. The molecule has 2 aliphatic rings. The summed E-state index contributed by atoms with van der Waals surface area (Å²) in [6, 6.07) is 24.9. The number of carbonyl (C=O) groups is 4. The van der Waals surface area contributed by atoms with Gasteiger partial charge in [-0.25, -0.2) is 0 Å². The molecule has 2 aliphatic carbocycles. The molecular weight excluding hydrogens is 1280 g/mol. The van der Waals surface area contributed by atoms with Crippen molar-refractivity contribution in [2.75, 3.05) is 0 Å². The predicted molar refractivity (Wildman–Crippen MR) is 416 cm³/mol. The maximum atomic E-state index is 13.9. The number of aryl methyl sites for hydroxylation is 2. The molecule has 0 amide bonds. The molecule has 7 aromatic heterocycles. The Labute approximate surface area is 591 Å². The highest BCUT2D eigenvalue weighted by Gasteiger charge is 2.35. The summed E-state index contributed by atoms with van der Waals surface area (Å²) in [6.07, 6.45) is 42.1. The molecule has 0 aliphatic heterocycles. The van der Waals surface area contributed by atoms with Crippen molar-refractivity contribution in [3.8, 4) is 39.0 Å². The number of carbonyl (C=O) groups excluding carboxylic acids is 4. The van der Waals surface area contributed by atoms with E-state index in [9.17, 15) is 19.2 Å². The maximum absolute atomic E-state index is 13.9. The van der Waals surface area contributed by atoms with Gasteiger partial charge in [0.15, 0.2) is 23.1 Å². The normalized spacial score (nSPS) is 13.5. The zero-order valence-corrected chi connectivity index (χ0v) is 62.6. The topological polar surface area (TPSA) is 73.2 Å². The molecule has 5 nitrogen and oxygen atoms in total. The third-order valence-corrected chi connectivity index (χ3v) is 27.6. The third-order valence-electron chi connectivity index (χ3n) is 20.0. The molecule has 502 valence electrons. The number of hydrogen-bond donors (Lipinski definition) is 0. The van der Waals surface area contributed by atoms with Crippen molar-refractivity contribution >= 4 is 124 Å². The van der Waals surface area contributed by atoms with Gasteiger partial charge < -0.3 is 4.57 Å². The Balaban J connectivity index is 1.03. The highest BCUT2D eigenvalue weighted by atomic mass is 32.1. The lowest BCUT2D eigenvalue weighted by atomic mass is 9.94. The minimum atomic E-state index is -0.160. The molecule has 11 heteroatoms. The van der Waals surface area contributed by atoms with Crippen molar-refractivity contribution in [3.05, 3.63) is 150 Å². The number of allylic oxidation sites excluding steroid dienone is 2. The standard InChI is InChI=1S/C84H101NO4S6/c1-7-13-19-25-26-28-38-56(37-27-20-14-8-2)53-85-69-51-73(79-57(39-29-21-15-9-3)49-71(92-79)81-61(41-31-23-17-11-5)59(54-90-81)47-67-75(86)63-43-33-34-44-64(63)76(67)87)94-83(69)84-70(85)52-74(95-84)80-58(40-30-22-16-10-4)50-72(93-80)82-62(42-32-24-18-12-6)60(55-91-82)48-68-77(88)65-45-35-36-46-66(65)78(68)89/h33-36,43-52,54-56H,7-32,37-42,53H2,1-6H3. The average molecular weight is 1380 g/mol. The summed E-state index contributed by atoms with van der Waals surface area (Å²) >= 11 is 11.6. The molecule has 0 radical (unpaired) electrons. The Morgan fingerprint density at radius 1 is 0.368 bits per heavy atom. The van der Waals surface area contributed by atoms with Crippen LogP contribution in [-0.4, -0.2) is 27.7 Å². The molecule has 0 spiro atoms. The molecule has 9 aromatic rings. The van der Waals surface area contributed by atoms with E-state index in [1.54, 1.807) is 46.9 Å². The Kier molecular flexibility index (Phi) is 26.0. The predicted octanol–water partition coefficient (Wildman–Crippen LogP) is 27.6. The maximum Gasteiger partial charge on any atom is 0.197 e. The average Bonchev–Trinajstić information content (AvgIpc) is 1.57. The fourth-order valence-electron chi connectivity index (χ4n) is 14.6. The van der Waals surface area contributed by atoms with E-state index in [0.717, 1.165) is 94.7 Å². The molecule has 95 heavy (non-hydrogen) atoms. The Hall–Kier alpha value is -5.40. The van der Waals surface area contributed by atoms with E-state index in [2.05, 4.69) is 81.1 Å². The van der Waals surface area contributed by atoms with Crippen LogP contribution in [-0.2, 0) is 32.2 Å². The second-order valence-electron chi connectivity index (χ2n) is 27.2. The first-order valence-electron chi connectivity index (χ1n) is 36.9. The largest absolute Gasteiger partial charge is 0.339 e. The Morgan fingerprint density at radius 3 is 1.07 bits per heavy atom. The van der Waals surface area contributed by atoms with Crippen LogP contribution in [0.5, 0.6) is 0 Å². The monoisotopic (exact) mass is 1380 g/mol. The molecule has 0 saturated heterocycles. The van der Waals surface area contributed by atoms with Gasteiger partial charge in [0.25, 0.3) is 0 Å². The van der Waals surface area contributed by atoms with E-state index < -0.39 is 0 Å². The first-order valence-corrected chi connectivity index (χ1v) is 41.9. The summed E-state index contributed by atoms with van der Waals surface area (Å²) in [6.45, 7) is 14.8. The number of ketones is 4. The van der Waals surface area contributed by atoms with Gasteiger partial charge in [-0.15, -0.1) is 68.0 Å². The minimum absolute atomic E-state index is 0.160. The van der Waals surface area contributed by atoms with E-state index >= 15 is 0 Å². The van der Waals surface area contributed by atoms with Gasteiger partial charge in [-0.3, -0.25) is 19.2 Å².